The molecule has 5 aromatic rings. The number of benzene rings is 3. The molecule has 3 aromatic carbocycles. The van der Waals surface area contributed by atoms with Crippen LogP contribution in [0, 0.1) is 0 Å². The molecule has 0 bridgehead atoms. The SMILES string of the molecule is C=C(NNc1nn2cnnc2c2ccccc12)c1ccc(-c2ccccc2)cc1. The number of nitrogens with zero attached hydrogens (tertiary/aromatic N) is 4. The molecule has 0 saturated heterocycles. The minimum absolute atomic E-state index is 0.676. The summed E-state index contributed by atoms with van der Waals surface area (Å²) in [5.41, 5.74) is 11.2. The molecule has 29 heavy (non-hydrogen) atoms. The summed E-state index contributed by atoms with van der Waals surface area (Å²) in [4.78, 5) is 0. The highest BCUT2D eigenvalue weighted by molar-refractivity contribution is 5.99. The van der Waals surface area contributed by atoms with E-state index >= 15 is 0 Å². The maximum absolute atomic E-state index is 4.56. The lowest BCUT2D eigenvalue weighted by Gasteiger charge is -2.14. The predicted octanol–water partition coefficient (Wildman–Crippen LogP) is 4.53. The smallest absolute Gasteiger partial charge is 0.185 e. The van der Waals surface area contributed by atoms with Gasteiger partial charge in [-0.1, -0.05) is 85.4 Å². The molecule has 6 nitrogen and oxygen atoms in total. The maximum Gasteiger partial charge on any atom is 0.185 e. The van der Waals surface area contributed by atoms with Gasteiger partial charge in [-0.05, 0) is 16.7 Å². The van der Waals surface area contributed by atoms with Crippen LogP contribution in [0.5, 0.6) is 0 Å². The van der Waals surface area contributed by atoms with Crippen LogP contribution in [0.4, 0.5) is 5.82 Å². The molecule has 0 atom stereocenters. The number of hydrazine groups is 1. The number of rotatable bonds is 5. The van der Waals surface area contributed by atoms with E-state index in [9.17, 15) is 0 Å². The van der Waals surface area contributed by atoms with Gasteiger partial charge >= 0.3 is 0 Å². The standard InChI is InChI=1S/C23H18N6/c1-16(17-11-13-19(14-12-17)18-7-3-2-4-8-18)25-26-22-20-9-5-6-10-21(20)23-27-24-15-29(23)28-22/h2-15,25H,1H2,(H,26,28). The summed E-state index contributed by atoms with van der Waals surface area (Å²) in [6.07, 6.45) is 1.59. The van der Waals surface area contributed by atoms with Crippen LogP contribution < -0.4 is 10.9 Å². The lowest BCUT2D eigenvalue weighted by Crippen LogP contribution is -2.21. The van der Waals surface area contributed by atoms with Gasteiger partial charge in [0.25, 0.3) is 0 Å². The molecular weight excluding hydrogens is 360 g/mol. The Labute approximate surface area is 167 Å². The van der Waals surface area contributed by atoms with Crippen molar-refractivity contribution in [1.82, 2.24) is 25.2 Å². The van der Waals surface area contributed by atoms with Crippen LogP contribution >= 0.6 is 0 Å². The van der Waals surface area contributed by atoms with Gasteiger partial charge < -0.3 is 0 Å². The normalized spacial score (nSPS) is 10.9. The van der Waals surface area contributed by atoms with Crippen LogP contribution in [0.3, 0.4) is 0 Å². The molecule has 0 amide bonds. The molecule has 0 aliphatic heterocycles. The van der Waals surface area contributed by atoms with Crippen LogP contribution in [0.25, 0.3) is 33.2 Å². The van der Waals surface area contributed by atoms with Gasteiger partial charge in [0.05, 0.1) is 5.70 Å². The van der Waals surface area contributed by atoms with E-state index in [1.807, 2.05) is 54.6 Å². The van der Waals surface area contributed by atoms with Crippen LogP contribution in [-0.4, -0.2) is 19.8 Å². The first kappa shape index (κ1) is 16.9. The average molecular weight is 378 g/mol. The largest absolute Gasteiger partial charge is 0.300 e. The fraction of sp³-hybridized carbons (Fsp3) is 0. The minimum atomic E-state index is 0.676. The van der Waals surface area contributed by atoms with E-state index in [1.54, 1.807) is 10.8 Å². The van der Waals surface area contributed by atoms with Crippen molar-refractivity contribution < 1.29 is 0 Å². The summed E-state index contributed by atoms with van der Waals surface area (Å²) in [6, 6.07) is 26.5. The van der Waals surface area contributed by atoms with Gasteiger partial charge in [0.1, 0.15) is 6.33 Å². The number of nitrogens with one attached hydrogen (secondary N) is 2. The van der Waals surface area contributed by atoms with Crippen molar-refractivity contribution in [3.63, 3.8) is 0 Å². The second kappa shape index (κ2) is 7.09. The van der Waals surface area contributed by atoms with Gasteiger partial charge in [-0.25, -0.2) is 0 Å². The first-order valence-corrected chi connectivity index (χ1v) is 9.25. The first-order chi connectivity index (χ1) is 14.3. The zero-order valence-corrected chi connectivity index (χ0v) is 15.6. The first-order valence-electron chi connectivity index (χ1n) is 9.25. The van der Waals surface area contributed by atoms with Gasteiger partial charge in [-0.15, -0.1) is 15.3 Å². The Morgan fingerprint density at radius 1 is 0.793 bits per heavy atom. The molecule has 0 aliphatic rings. The van der Waals surface area contributed by atoms with Gasteiger partial charge in [0, 0.05) is 10.8 Å². The third kappa shape index (κ3) is 3.17. The molecule has 6 heteroatoms. The summed E-state index contributed by atoms with van der Waals surface area (Å²) in [5, 5.41) is 14.6. The summed E-state index contributed by atoms with van der Waals surface area (Å²) < 4.78 is 1.66. The van der Waals surface area contributed by atoms with Crippen molar-refractivity contribution in [3.8, 4) is 11.1 Å². The van der Waals surface area contributed by atoms with Crippen LogP contribution in [0.1, 0.15) is 5.56 Å². The topological polar surface area (TPSA) is 67.1 Å². The molecule has 0 radical (unpaired) electrons. The Morgan fingerprint density at radius 3 is 2.28 bits per heavy atom. The van der Waals surface area contributed by atoms with Crippen molar-refractivity contribution in [2.45, 2.75) is 0 Å². The van der Waals surface area contributed by atoms with E-state index in [0.717, 1.165) is 27.7 Å². The van der Waals surface area contributed by atoms with Gasteiger partial charge in [-0.2, -0.15) is 4.52 Å². The van der Waals surface area contributed by atoms with E-state index in [0.29, 0.717) is 5.82 Å². The molecule has 0 aliphatic carbocycles. The molecule has 140 valence electrons. The fourth-order valence-corrected chi connectivity index (χ4v) is 3.32. The zero-order chi connectivity index (χ0) is 19.6. The molecule has 5 rings (SSSR count). The zero-order valence-electron chi connectivity index (χ0n) is 15.6. The molecule has 0 spiro atoms. The van der Waals surface area contributed by atoms with E-state index in [1.165, 1.54) is 11.1 Å². The van der Waals surface area contributed by atoms with E-state index in [4.69, 9.17) is 0 Å². The van der Waals surface area contributed by atoms with Gasteiger partial charge in [-0.3, -0.25) is 10.9 Å². The molecule has 0 fully saturated rings. The summed E-state index contributed by atoms with van der Waals surface area (Å²) in [7, 11) is 0. The molecule has 2 heterocycles. The van der Waals surface area contributed by atoms with Crippen LogP contribution in [0.2, 0.25) is 0 Å². The van der Waals surface area contributed by atoms with Crippen molar-refractivity contribution in [2.75, 3.05) is 5.43 Å². The number of fused-ring (bicyclic) bond motifs is 3. The quantitative estimate of drug-likeness (QED) is 0.440. The Morgan fingerprint density at radius 2 is 1.48 bits per heavy atom. The lowest BCUT2D eigenvalue weighted by atomic mass is 10.0. The molecule has 2 N–H and O–H groups in total. The van der Waals surface area contributed by atoms with Crippen molar-refractivity contribution in [2.24, 2.45) is 0 Å². The Kier molecular flexibility index (Phi) is 4.14. The highest BCUT2D eigenvalue weighted by Gasteiger charge is 2.10. The monoisotopic (exact) mass is 378 g/mol. The molecule has 0 saturated carbocycles. The van der Waals surface area contributed by atoms with E-state index in [2.05, 4.69) is 57.0 Å². The second-order valence-corrected chi connectivity index (χ2v) is 6.67. The second-order valence-electron chi connectivity index (χ2n) is 6.67. The number of anilines is 1. The summed E-state index contributed by atoms with van der Waals surface area (Å²) >= 11 is 0. The van der Waals surface area contributed by atoms with Crippen molar-refractivity contribution in [1.29, 1.82) is 0 Å². The lowest BCUT2D eigenvalue weighted by molar-refractivity contribution is 0.917. The Balaban J connectivity index is 1.38. The van der Waals surface area contributed by atoms with E-state index < -0.39 is 0 Å². The predicted molar refractivity (Wildman–Crippen MR) is 116 cm³/mol. The molecule has 2 aromatic heterocycles. The summed E-state index contributed by atoms with van der Waals surface area (Å²) in [5.74, 6) is 0.676. The minimum Gasteiger partial charge on any atom is -0.300 e. The third-order valence-electron chi connectivity index (χ3n) is 4.83. The van der Waals surface area contributed by atoms with Crippen molar-refractivity contribution >= 4 is 27.9 Å². The maximum atomic E-state index is 4.56. The average Bonchev–Trinajstić information content (AvgIpc) is 3.27. The fourth-order valence-electron chi connectivity index (χ4n) is 3.32. The summed E-state index contributed by atoms with van der Waals surface area (Å²) in [6.45, 7) is 4.14. The van der Waals surface area contributed by atoms with E-state index in [-0.39, 0.29) is 0 Å². The van der Waals surface area contributed by atoms with Crippen LogP contribution in [-0.2, 0) is 0 Å². The molecular formula is C23H18N6. The number of hydrogen-bond donors (Lipinski definition) is 2. The van der Waals surface area contributed by atoms with Gasteiger partial charge in [0.15, 0.2) is 11.5 Å². The van der Waals surface area contributed by atoms with Crippen LogP contribution in [0.15, 0.2) is 91.8 Å². The number of aromatic nitrogens is 4. The third-order valence-corrected chi connectivity index (χ3v) is 4.83. The Hall–Kier alpha value is -4.19. The molecule has 0 unspecified atom stereocenters. The highest BCUT2D eigenvalue weighted by atomic mass is 15.4. The Bertz CT molecular complexity index is 1310. The number of hydrogen-bond acceptors (Lipinski definition) is 5. The van der Waals surface area contributed by atoms with Gasteiger partial charge in [0.2, 0.25) is 0 Å². The van der Waals surface area contributed by atoms with Crippen molar-refractivity contribution in [3.05, 3.63) is 97.3 Å². The highest BCUT2D eigenvalue weighted by Crippen LogP contribution is 2.24.